The van der Waals surface area contributed by atoms with Crippen LogP contribution in [0.3, 0.4) is 0 Å². The zero-order valence-corrected chi connectivity index (χ0v) is 10.1. The highest BCUT2D eigenvalue weighted by molar-refractivity contribution is 6.06. The van der Waals surface area contributed by atoms with Crippen LogP contribution in [0.25, 0.3) is 0 Å². The third-order valence-corrected chi connectivity index (χ3v) is 1.89. The number of fused-ring (bicyclic) bond motifs is 1. The van der Waals surface area contributed by atoms with E-state index < -0.39 is 0 Å². The summed E-state index contributed by atoms with van der Waals surface area (Å²) in [6.45, 7) is 8.00. The highest BCUT2D eigenvalue weighted by atomic mass is 16.1. The maximum absolute atomic E-state index is 11.2. The van der Waals surface area contributed by atoms with Gasteiger partial charge in [-0.25, -0.2) is 0 Å². The van der Waals surface area contributed by atoms with Crippen LogP contribution in [0.2, 0.25) is 0 Å². The van der Waals surface area contributed by atoms with E-state index in [0.29, 0.717) is 0 Å². The molecule has 0 amide bonds. The number of hydrogen-bond donors (Lipinski definition) is 0. The van der Waals surface area contributed by atoms with Crippen molar-refractivity contribution >= 4 is 5.78 Å². The molecule has 0 radical (unpaired) electrons. The Morgan fingerprint density at radius 2 is 1.60 bits per heavy atom. The molecular formula is C14H20O. The van der Waals surface area contributed by atoms with Gasteiger partial charge in [-0.1, -0.05) is 58.0 Å². The first-order valence-electron chi connectivity index (χ1n) is 5.67. The van der Waals surface area contributed by atoms with Crippen LogP contribution in [0.5, 0.6) is 0 Å². The number of allylic oxidation sites excluding steroid dienone is 2. The lowest BCUT2D eigenvalue weighted by Crippen LogP contribution is -2.04. The lowest BCUT2D eigenvalue weighted by Gasteiger charge is -2.07. The smallest absolute Gasteiger partial charge is 0.185 e. The third kappa shape index (κ3) is 3.70. The molecule has 0 saturated heterocycles. The second-order valence-electron chi connectivity index (χ2n) is 2.63. The zero-order valence-electron chi connectivity index (χ0n) is 10.1. The van der Waals surface area contributed by atoms with Crippen LogP contribution in [-0.2, 0) is 6.42 Å². The molecule has 0 unspecified atom stereocenters. The molecular weight excluding hydrogens is 184 g/mol. The Kier molecular flexibility index (Phi) is 7.25. The van der Waals surface area contributed by atoms with Crippen molar-refractivity contribution in [2.45, 2.75) is 34.1 Å². The SMILES string of the molecule is CC.CC.O=C1C=CCc2ccccc21. The number of hydrogen-bond acceptors (Lipinski definition) is 1. The van der Waals surface area contributed by atoms with Crippen LogP contribution in [0.1, 0.15) is 43.6 Å². The summed E-state index contributed by atoms with van der Waals surface area (Å²) < 4.78 is 0. The van der Waals surface area contributed by atoms with Gasteiger partial charge in [-0.05, 0) is 18.1 Å². The molecule has 0 heterocycles. The Bertz CT molecular complexity index is 324. The molecule has 0 bridgehead atoms. The highest BCUT2D eigenvalue weighted by Crippen LogP contribution is 2.15. The van der Waals surface area contributed by atoms with Crippen LogP contribution in [-0.4, -0.2) is 5.78 Å². The van der Waals surface area contributed by atoms with Gasteiger partial charge in [-0.3, -0.25) is 4.79 Å². The van der Waals surface area contributed by atoms with Gasteiger partial charge < -0.3 is 0 Å². The number of rotatable bonds is 0. The van der Waals surface area contributed by atoms with Gasteiger partial charge in [0, 0.05) is 5.56 Å². The van der Waals surface area contributed by atoms with Crippen LogP contribution in [0.4, 0.5) is 0 Å². The van der Waals surface area contributed by atoms with Crippen molar-refractivity contribution in [2.75, 3.05) is 0 Å². The molecule has 0 atom stereocenters. The number of carbonyl (C=O) groups excluding carboxylic acids is 1. The molecule has 1 heteroatoms. The van der Waals surface area contributed by atoms with Gasteiger partial charge in [0.1, 0.15) is 0 Å². The van der Waals surface area contributed by atoms with E-state index in [9.17, 15) is 4.79 Å². The molecule has 15 heavy (non-hydrogen) atoms. The van der Waals surface area contributed by atoms with Crippen LogP contribution in [0.15, 0.2) is 36.4 Å². The minimum absolute atomic E-state index is 0.131. The minimum atomic E-state index is 0.131. The van der Waals surface area contributed by atoms with Crippen LogP contribution in [0, 0.1) is 0 Å². The minimum Gasteiger partial charge on any atom is -0.289 e. The summed E-state index contributed by atoms with van der Waals surface area (Å²) in [7, 11) is 0. The summed E-state index contributed by atoms with van der Waals surface area (Å²) in [5.41, 5.74) is 2.00. The van der Waals surface area contributed by atoms with Crippen molar-refractivity contribution in [1.82, 2.24) is 0 Å². The molecule has 1 nitrogen and oxygen atoms in total. The maximum Gasteiger partial charge on any atom is 0.185 e. The Hall–Kier alpha value is -1.37. The molecule has 1 aromatic rings. The van der Waals surface area contributed by atoms with Crippen LogP contribution < -0.4 is 0 Å². The van der Waals surface area contributed by atoms with Crippen molar-refractivity contribution < 1.29 is 4.79 Å². The van der Waals surface area contributed by atoms with Gasteiger partial charge in [0.2, 0.25) is 0 Å². The van der Waals surface area contributed by atoms with E-state index in [4.69, 9.17) is 0 Å². The monoisotopic (exact) mass is 204 g/mol. The van der Waals surface area contributed by atoms with E-state index in [2.05, 4.69) is 0 Å². The summed E-state index contributed by atoms with van der Waals surface area (Å²) >= 11 is 0. The quantitative estimate of drug-likeness (QED) is 0.623. The lowest BCUT2D eigenvalue weighted by atomic mass is 9.96. The molecule has 0 spiro atoms. The highest BCUT2D eigenvalue weighted by Gasteiger charge is 2.09. The predicted octanol–water partition coefficient (Wildman–Crippen LogP) is 4.03. The predicted molar refractivity (Wildman–Crippen MR) is 66.3 cm³/mol. The van der Waals surface area contributed by atoms with E-state index in [1.807, 2.05) is 58.0 Å². The lowest BCUT2D eigenvalue weighted by molar-refractivity contribution is 0.104. The van der Waals surface area contributed by atoms with Gasteiger partial charge in [0.05, 0.1) is 0 Å². The Morgan fingerprint density at radius 1 is 1.00 bits per heavy atom. The van der Waals surface area contributed by atoms with Gasteiger partial charge in [0.15, 0.2) is 5.78 Å². The summed E-state index contributed by atoms with van der Waals surface area (Å²) in [5.74, 6) is 0.131. The van der Waals surface area contributed by atoms with E-state index >= 15 is 0 Å². The van der Waals surface area contributed by atoms with Crippen molar-refractivity contribution in [3.8, 4) is 0 Å². The van der Waals surface area contributed by atoms with Crippen molar-refractivity contribution in [3.63, 3.8) is 0 Å². The normalized spacial score (nSPS) is 11.6. The average molecular weight is 204 g/mol. The molecule has 82 valence electrons. The Morgan fingerprint density at radius 3 is 2.20 bits per heavy atom. The van der Waals surface area contributed by atoms with Crippen molar-refractivity contribution in [1.29, 1.82) is 0 Å². The standard InChI is InChI=1S/C10H8O.2C2H6/c11-10-7-3-5-8-4-1-2-6-9(8)10;2*1-2/h1-4,6-7H,5H2;2*1-2H3. The number of carbonyl (C=O) groups is 1. The Balaban J connectivity index is 0.000000442. The summed E-state index contributed by atoms with van der Waals surface area (Å²) in [6.07, 6.45) is 4.44. The fourth-order valence-electron chi connectivity index (χ4n) is 1.32. The van der Waals surface area contributed by atoms with Gasteiger partial charge >= 0.3 is 0 Å². The van der Waals surface area contributed by atoms with Gasteiger partial charge in [-0.15, -0.1) is 0 Å². The Labute approximate surface area is 92.8 Å². The molecule has 1 aliphatic carbocycles. The number of ketones is 1. The summed E-state index contributed by atoms with van der Waals surface area (Å²) in [6, 6.07) is 7.74. The summed E-state index contributed by atoms with van der Waals surface area (Å²) in [4.78, 5) is 11.2. The average Bonchev–Trinajstić information content (AvgIpc) is 2.35. The first kappa shape index (κ1) is 13.6. The largest absolute Gasteiger partial charge is 0.289 e. The molecule has 0 saturated carbocycles. The first-order valence-corrected chi connectivity index (χ1v) is 5.67. The topological polar surface area (TPSA) is 17.1 Å². The second-order valence-corrected chi connectivity index (χ2v) is 2.63. The molecule has 1 aromatic carbocycles. The van der Waals surface area contributed by atoms with E-state index in [0.717, 1.165) is 17.5 Å². The first-order chi connectivity index (χ1) is 7.38. The molecule has 0 aliphatic heterocycles. The zero-order chi connectivity index (χ0) is 11.7. The van der Waals surface area contributed by atoms with Gasteiger partial charge in [-0.2, -0.15) is 0 Å². The molecule has 1 aliphatic rings. The van der Waals surface area contributed by atoms with Crippen LogP contribution >= 0.6 is 0 Å². The van der Waals surface area contributed by atoms with E-state index in [1.54, 1.807) is 6.08 Å². The maximum atomic E-state index is 11.2. The fourth-order valence-corrected chi connectivity index (χ4v) is 1.32. The molecule has 0 aromatic heterocycles. The fraction of sp³-hybridized carbons (Fsp3) is 0.357. The van der Waals surface area contributed by atoms with Crippen molar-refractivity contribution in [2.24, 2.45) is 0 Å². The number of benzene rings is 1. The molecule has 2 rings (SSSR count). The second kappa shape index (κ2) is 7.98. The van der Waals surface area contributed by atoms with E-state index in [1.165, 1.54) is 0 Å². The van der Waals surface area contributed by atoms with Gasteiger partial charge in [0.25, 0.3) is 0 Å². The van der Waals surface area contributed by atoms with E-state index in [-0.39, 0.29) is 5.78 Å². The summed E-state index contributed by atoms with van der Waals surface area (Å²) in [5, 5.41) is 0. The third-order valence-electron chi connectivity index (χ3n) is 1.89. The molecule has 0 fully saturated rings. The van der Waals surface area contributed by atoms with Crippen molar-refractivity contribution in [3.05, 3.63) is 47.5 Å². The molecule has 0 N–H and O–H groups in total.